The van der Waals surface area contributed by atoms with E-state index in [0.717, 1.165) is 75.3 Å². The van der Waals surface area contributed by atoms with E-state index in [9.17, 15) is 8.78 Å². The normalized spacial score (nSPS) is 17.0. The number of anilines is 2. The number of piperidine rings is 1. The number of nitrogens with zero attached hydrogens (tertiary/aromatic N) is 4. The Kier molecular flexibility index (Phi) is 11.5. The van der Waals surface area contributed by atoms with Crippen molar-refractivity contribution in [3.8, 4) is 29.1 Å². The standard InChI is InChI=1S/C32H42F2N6O3/c1-35-20-23(6-8-26-31(33)29(42-4)19-30(43-5)32(26)34)21-36-22-37-27-9-7-25(18-28(27)41-3)39-12-10-24(11-13-39)40-16-14-38(2)15-17-40/h7,9,18-21,24,35,37H,10-17,22H2,1-5H3/b23-20-,36-21-. The van der Waals surface area contributed by atoms with E-state index in [1.165, 1.54) is 20.4 Å². The average Bonchev–Trinajstić information content (AvgIpc) is 3.03. The van der Waals surface area contributed by atoms with Gasteiger partial charge in [-0.15, -0.1) is 0 Å². The molecule has 0 bridgehead atoms. The SMILES string of the molecule is CN/C=C(C#Cc1c(F)c(OC)cc(OC)c1F)\C=N/CNc1ccc(N2CCC(N3CCN(C)CC3)CC2)cc1OC. The summed E-state index contributed by atoms with van der Waals surface area (Å²) in [5, 5.41) is 6.14. The second-order valence-corrected chi connectivity index (χ2v) is 10.5. The maximum Gasteiger partial charge on any atom is 0.183 e. The molecule has 2 aliphatic heterocycles. The van der Waals surface area contributed by atoms with E-state index in [4.69, 9.17) is 14.2 Å². The summed E-state index contributed by atoms with van der Waals surface area (Å²) in [5.74, 6) is 3.92. The molecule has 0 saturated carbocycles. The lowest BCUT2D eigenvalue weighted by Gasteiger charge is -2.42. The Labute approximate surface area is 253 Å². The zero-order chi connectivity index (χ0) is 30.8. The molecule has 0 aromatic heterocycles. The van der Waals surface area contributed by atoms with Gasteiger partial charge in [-0.2, -0.15) is 0 Å². The van der Waals surface area contributed by atoms with E-state index >= 15 is 0 Å². The number of aliphatic imine (C=N–C) groups is 1. The monoisotopic (exact) mass is 596 g/mol. The fourth-order valence-corrected chi connectivity index (χ4v) is 5.36. The number of hydrogen-bond acceptors (Lipinski definition) is 9. The summed E-state index contributed by atoms with van der Waals surface area (Å²) in [6, 6.07) is 7.97. The molecule has 2 heterocycles. The van der Waals surface area contributed by atoms with Crippen molar-refractivity contribution < 1.29 is 23.0 Å². The van der Waals surface area contributed by atoms with Gasteiger partial charge in [-0.1, -0.05) is 11.8 Å². The number of nitrogens with one attached hydrogen (secondary N) is 2. The third-order valence-electron chi connectivity index (χ3n) is 7.87. The quantitative estimate of drug-likeness (QED) is 0.317. The van der Waals surface area contributed by atoms with Crippen LogP contribution in [-0.4, -0.2) is 103 Å². The van der Waals surface area contributed by atoms with Crippen LogP contribution in [0.1, 0.15) is 18.4 Å². The molecule has 2 aromatic carbocycles. The zero-order valence-corrected chi connectivity index (χ0v) is 25.7. The molecular formula is C32H42F2N6O3. The van der Waals surface area contributed by atoms with Crippen LogP contribution in [0.25, 0.3) is 0 Å². The van der Waals surface area contributed by atoms with Crippen molar-refractivity contribution in [1.29, 1.82) is 0 Å². The Morgan fingerprint density at radius 2 is 1.60 bits per heavy atom. The van der Waals surface area contributed by atoms with Crippen molar-refractivity contribution in [1.82, 2.24) is 15.1 Å². The third kappa shape index (κ3) is 8.09. The highest BCUT2D eigenvalue weighted by Crippen LogP contribution is 2.32. The molecule has 2 saturated heterocycles. The van der Waals surface area contributed by atoms with Crippen LogP contribution in [0.3, 0.4) is 0 Å². The number of benzene rings is 2. The van der Waals surface area contributed by atoms with Crippen molar-refractivity contribution in [3.63, 3.8) is 0 Å². The Bertz CT molecular complexity index is 1330. The molecule has 0 unspecified atom stereocenters. The molecule has 43 heavy (non-hydrogen) atoms. The maximum absolute atomic E-state index is 14.7. The molecule has 2 fully saturated rings. The molecule has 4 rings (SSSR count). The van der Waals surface area contributed by atoms with Gasteiger partial charge in [0.05, 0.1) is 32.6 Å². The molecule has 0 radical (unpaired) electrons. The van der Waals surface area contributed by atoms with E-state index < -0.39 is 17.2 Å². The highest BCUT2D eigenvalue weighted by atomic mass is 19.1. The van der Waals surface area contributed by atoms with E-state index in [0.29, 0.717) is 11.6 Å². The topological polar surface area (TPSA) is 73.8 Å². The lowest BCUT2D eigenvalue weighted by molar-refractivity contribution is 0.0982. The molecule has 0 amide bonds. The van der Waals surface area contributed by atoms with Gasteiger partial charge >= 0.3 is 0 Å². The molecule has 0 atom stereocenters. The Morgan fingerprint density at radius 1 is 0.953 bits per heavy atom. The summed E-state index contributed by atoms with van der Waals surface area (Å²) in [6.45, 7) is 6.90. The van der Waals surface area contributed by atoms with E-state index in [2.05, 4.69) is 61.3 Å². The van der Waals surface area contributed by atoms with Crippen LogP contribution in [0.15, 0.2) is 41.0 Å². The maximum atomic E-state index is 14.7. The lowest BCUT2D eigenvalue weighted by atomic mass is 10.0. The van der Waals surface area contributed by atoms with Crippen molar-refractivity contribution in [2.45, 2.75) is 18.9 Å². The summed E-state index contributed by atoms with van der Waals surface area (Å²) in [4.78, 5) is 11.9. The molecule has 2 aliphatic rings. The van der Waals surface area contributed by atoms with E-state index in [-0.39, 0.29) is 18.2 Å². The van der Waals surface area contributed by atoms with E-state index in [1.54, 1.807) is 20.4 Å². The van der Waals surface area contributed by atoms with Gasteiger partial charge in [0.25, 0.3) is 0 Å². The number of piperazine rings is 1. The number of likely N-dealkylation sites (N-methyl/N-ethyl adjacent to an activating group) is 1. The van der Waals surface area contributed by atoms with Gasteiger partial charge in [0, 0.05) is 82.6 Å². The first-order valence-electron chi connectivity index (χ1n) is 14.5. The summed E-state index contributed by atoms with van der Waals surface area (Å²) in [6.07, 6.45) is 5.44. The number of ether oxygens (including phenoxy) is 3. The predicted molar refractivity (Wildman–Crippen MR) is 168 cm³/mol. The van der Waals surface area contributed by atoms with Gasteiger partial charge in [0.15, 0.2) is 23.1 Å². The van der Waals surface area contributed by atoms with Crippen LogP contribution in [0.4, 0.5) is 20.2 Å². The minimum absolute atomic E-state index is 0.158. The van der Waals surface area contributed by atoms with Gasteiger partial charge in [-0.05, 0) is 32.0 Å². The number of rotatable bonds is 10. The average molecular weight is 597 g/mol. The highest BCUT2D eigenvalue weighted by molar-refractivity contribution is 5.85. The predicted octanol–water partition coefficient (Wildman–Crippen LogP) is 3.80. The number of methoxy groups -OCH3 is 3. The van der Waals surface area contributed by atoms with Crippen molar-refractivity contribution in [2.24, 2.45) is 4.99 Å². The summed E-state index contributed by atoms with van der Waals surface area (Å²) < 4.78 is 45.0. The van der Waals surface area contributed by atoms with Crippen molar-refractivity contribution in [2.75, 3.05) is 91.6 Å². The largest absolute Gasteiger partial charge is 0.495 e. The van der Waals surface area contributed by atoms with Crippen LogP contribution >= 0.6 is 0 Å². The fraction of sp³-hybridized carbons (Fsp3) is 0.469. The Morgan fingerprint density at radius 3 is 2.21 bits per heavy atom. The van der Waals surface area contributed by atoms with Crippen LogP contribution < -0.4 is 29.7 Å². The van der Waals surface area contributed by atoms with Gasteiger partial charge in [-0.25, -0.2) is 8.78 Å². The van der Waals surface area contributed by atoms with Crippen LogP contribution in [0, 0.1) is 23.5 Å². The van der Waals surface area contributed by atoms with Gasteiger partial charge in [0.2, 0.25) is 0 Å². The molecule has 9 nitrogen and oxygen atoms in total. The Hall–Kier alpha value is -4.01. The molecule has 0 aliphatic carbocycles. The van der Waals surface area contributed by atoms with Gasteiger partial charge in [0.1, 0.15) is 18.0 Å². The number of halogens is 2. The van der Waals surface area contributed by atoms with Crippen molar-refractivity contribution in [3.05, 3.63) is 53.2 Å². The fourth-order valence-electron chi connectivity index (χ4n) is 5.36. The molecule has 0 spiro atoms. The first-order chi connectivity index (χ1) is 20.9. The van der Waals surface area contributed by atoms with E-state index in [1.807, 2.05) is 6.07 Å². The number of hydrogen-bond donors (Lipinski definition) is 2. The minimum atomic E-state index is -0.898. The van der Waals surface area contributed by atoms with Crippen LogP contribution in [0.5, 0.6) is 17.2 Å². The van der Waals surface area contributed by atoms with Crippen molar-refractivity contribution >= 4 is 17.6 Å². The summed E-state index contributed by atoms with van der Waals surface area (Å²) in [7, 11) is 8.13. The first-order valence-corrected chi connectivity index (χ1v) is 14.5. The highest BCUT2D eigenvalue weighted by Gasteiger charge is 2.27. The van der Waals surface area contributed by atoms with Crippen LogP contribution in [-0.2, 0) is 0 Å². The Balaban J connectivity index is 1.36. The van der Waals surface area contributed by atoms with Crippen LogP contribution in [0.2, 0.25) is 0 Å². The minimum Gasteiger partial charge on any atom is -0.495 e. The number of allylic oxidation sites excluding steroid dienone is 1. The lowest BCUT2D eigenvalue weighted by Crippen LogP contribution is -2.52. The van der Waals surface area contributed by atoms with Gasteiger partial charge < -0.3 is 34.6 Å². The third-order valence-corrected chi connectivity index (χ3v) is 7.87. The molecule has 11 heteroatoms. The smallest absolute Gasteiger partial charge is 0.183 e. The molecule has 2 N–H and O–H groups in total. The zero-order valence-electron chi connectivity index (χ0n) is 25.7. The second-order valence-electron chi connectivity index (χ2n) is 10.5. The second kappa shape index (κ2) is 15.5. The summed E-state index contributed by atoms with van der Waals surface area (Å²) in [5.41, 5.74) is 1.93. The summed E-state index contributed by atoms with van der Waals surface area (Å²) >= 11 is 0. The molecule has 2 aromatic rings. The first kappa shape index (κ1) is 31.9. The van der Waals surface area contributed by atoms with Gasteiger partial charge in [-0.3, -0.25) is 9.89 Å². The molecular weight excluding hydrogens is 554 g/mol. The molecule has 232 valence electrons.